The van der Waals surface area contributed by atoms with Gasteiger partial charge in [-0.2, -0.15) is 0 Å². The average molecular weight is 288 g/mol. The van der Waals surface area contributed by atoms with Crippen LogP contribution in [0.5, 0.6) is 0 Å². The molecule has 0 aromatic heterocycles. The first-order valence-electron chi connectivity index (χ1n) is 7.09. The Hall–Kier alpha value is -0.810. The molecular formula is C13H22ClN3O2. The minimum absolute atomic E-state index is 0.191. The summed E-state index contributed by atoms with van der Waals surface area (Å²) in [6.45, 7) is 3.76. The van der Waals surface area contributed by atoms with Crippen molar-refractivity contribution < 1.29 is 9.59 Å². The monoisotopic (exact) mass is 287 g/mol. The highest BCUT2D eigenvalue weighted by atomic mass is 35.5. The molecule has 2 aliphatic heterocycles. The van der Waals surface area contributed by atoms with Crippen LogP contribution in [0.15, 0.2) is 0 Å². The molecule has 0 bridgehead atoms. The molecule has 1 N–H and O–H groups in total. The third kappa shape index (κ3) is 4.08. The van der Waals surface area contributed by atoms with E-state index in [1.807, 2.05) is 0 Å². The number of amides is 3. The summed E-state index contributed by atoms with van der Waals surface area (Å²) in [5.74, 6) is -0.0448. The van der Waals surface area contributed by atoms with Crippen LogP contribution in [0.2, 0.25) is 0 Å². The fraction of sp³-hybridized carbons (Fsp3) is 0.846. The molecule has 1 unspecified atom stereocenters. The van der Waals surface area contributed by atoms with E-state index >= 15 is 0 Å². The van der Waals surface area contributed by atoms with Gasteiger partial charge in [0.1, 0.15) is 0 Å². The SMILES string of the molecule is O=C(CCCl)NC(=O)N1CCC(N2CCCCC2)C1. The molecule has 2 heterocycles. The number of carbonyl (C=O) groups excluding carboxylic acids is 2. The number of likely N-dealkylation sites (tertiary alicyclic amines) is 2. The molecule has 108 valence electrons. The van der Waals surface area contributed by atoms with Crippen LogP contribution in [-0.4, -0.2) is 59.8 Å². The molecule has 3 amide bonds. The number of urea groups is 1. The second-order valence-corrected chi connectivity index (χ2v) is 5.66. The summed E-state index contributed by atoms with van der Waals surface area (Å²) < 4.78 is 0. The van der Waals surface area contributed by atoms with E-state index in [9.17, 15) is 9.59 Å². The molecule has 0 aromatic carbocycles. The van der Waals surface area contributed by atoms with Gasteiger partial charge in [0, 0.05) is 31.4 Å². The van der Waals surface area contributed by atoms with Crippen molar-refractivity contribution in [3.05, 3.63) is 0 Å². The molecule has 2 rings (SSSR count). The number of alkyl halides is 1. The number of rotatable bonds is 3. The first-order valence-corrected chi connectivity index (χ1v) is 7.63. The Morgan fingerprint density at radius 1 is 1.16 bits per heavy atom. The Bertz CT molecular complexity index is 332. The summed E-state index contributed by atoms with van der Waals surface area (Å²) in [4.78, 5) is 27.5. The summed E-state index contributed by atoms with van der Waals surface area (Å²) in [6, 6.07) is 0.198. The minimum atomic E-state index is -0.290. The van der Waals surface area contributed by atoms with E-state index in [0.29, 0.717) is 6.04 Å². The van der Waals surface area contributed by atoms with Crippen molar-refractivity contribution in [2.75, 3.05) is 32.1 Å². The summed E-state index contributed by atoms with van der Waals surface area (Å²) in [7, 11) is 0. The van der Waals surface area contributed by atoms with E-state index in [2.05, 4.69) is 10.2 Å². The second-order valence-electron chi connectivity index (χ2n) is 5.28. The summed E-state index contributed by atoms with van der Waals surface area (Å²) >= 11 is 5.47. The average Bonchev–Trinajstić information content (AvgIpc) is 2.89. The topological polar surface area (TPSA) is 52.7 Å². The molecule has 0 saturated carbocycles. The molecule has 2 saturated heterocycles. The standard InChI is InChI=1S/C13H22ClN3O2/c14-6-4-12(18)15-13(19)17-9-5-11(10-17)16-7-2-1-3-8-16/h11H,1-10H2,(H,15,18,19). The molecule has 2 fully saturated rings. The highest BCUT2D eigenvalue weighted by molar-refractivity contribution is 6.19. The van der Waals surface area contributed by atoms with Crippen molar-refractivity contribution in [1.29, 1.82) is 0 Å². The molecule has 5 nitrogen and oxygen atoms in total. The van der Waals surface area contributed by atoms with Gasteiger partial charge < -0.3 is 4.90 Å². The second kappa shape index (κ2) is 7.10. The third-order valence-corrected chi connectivity index (χ3v) is 4.11. The van der Waals surface area contributed by atoms with E-state index in [4.69, 9.17) is 11.6 Å². The smallest absolute Gasteiger partial charge is 0.323 e. The van der Waals surface area contributed by atoms with Crippen molar-refractivity contribution in [2.45, 2.75) is 38.1 Å². The number of hydrogen-bond donors (Lipinski definition) is 1. The fourth-order valence-electron chi connectivity index (χ4n) is 2.85. The van der Waals surface area contributed by atoms with Gasteiger partial charge in [-0.15, -0.1) is 11.6 Å². The molecular weight excluding hydrogens is 266 g/mol. The number of nitrogens with zero attached hydrogens (tertiary/aromatic N) is 2. The Kier molecular flexibility index (Phi) is 5.45. The zero-order valence-corrected chi connectivity index (χ0v) is 12.0. The summed E-state index contributed by atoms with van der Waals surface area (Å²) in [6.07, 6.45) is 5.04. The maximum atomic E-state index is 11.9. The normalized spacial score (nSPS) is 24.5. The largest absolute Gasteiger partial charge is 0.324 e. The van der Waals surface area contributed by atoms with Crippen molar-refractivity contribution in [1.82, 2.24) is 15.1 Å². The van der Waals surface area contributed by atoms with Gasteiger partial charge in [-0.05, 0) is 32.4 Å². The van der Waals surface area contributed by atoms with Gasteiger partial charge in [0.05, 0.1) is 0 Å². The van der Waals surface area contributed by atoms with E-state index < -0.39 is 0 Å². The number of imide groups is 1. The fourth-order valence-corrected chi connectivity index (χ4v) is 3.03. The zero-order chi connectivity index (χ0) is 13.7. The van der Waals surface area contributed by atoms with Crippen LogP contribution in [0.1, 0.15) is 32.1 Å². The minimum Gasteiger partial charge on any atom is -0.323 e. The summed E-state index contributed by atoms with van der Waals surface area (Å²) in [5.41, 5.74) is 0. The van der Waals surface area contributed by atoms with E-state index in [1.165, 1.54) is 19.3 Å². The van der Waals surface area contributed by atoms with Crippen LogP contribution < -0.4 is 5.32 Å². The van der Waals surface area contributed by atoms with Gasteiger partial charge in [0.15, 0.2) is 0 Å². The Morgan fingerprint density at radius 3 is 2.58 bits per heavy atom. The Morgan fingerprint density at radius 2 is 1.89 bits per heavy atom. The van der Waals surface area contributed by atoms with Crippen molar-refractivity contribution >= 4 is 23.5 Å². The summed E-state index contributed by atoms with van der Waals surface area (Å²) in [5, 5.41) is 2.39. The number of hydrogen-bond acceptors (Lipinski definition) is 3. The van der Waals surface area contributed by atoms with Crippen molar-refractivity contribution in [2.24, 2.45) is 0 Å². The van der Waals surface area contributed by atoms with Crippen molar-refractivity contribution in [3.63, 3.8) is 0 Å². The highest BCUT2D eigenvalue weighted by Gasteiger charge is 2.31. The van der Waals surface area contributed by atoms with E-state index in [-0.39, 0.29) is 24.2 Å². The molecule has 6 heteroatoms. The lowest BCUT2D eigenvalue weighted by Crippen LogP contribution is -2.45. The molecule has 0 radical (unpaired) electrons. The van der Waals surface area contributed by atoms with Gasteiger partial charge in [-0.1, -0.05) is 6.42 Å². The number of nitrogens with one attached hydrogen (secondary N) is 1. The van der Waals surface area contributed by atoms with Crippen LogP contribution in [0.25, 0.3) is 0 Å². The van der Waals surface area contributed by atoms with Crippen LogP contribution in [-0.2, 0) is 4.79 Å². The van der Waals surface area contributed by atoms with Gasteiger partial charge in [-0.3, -0.25) is 15.0 Å². The quantitative estimate of drug-likeness (QED) is 0.799. The van der Waals surface area contributed by atoms with Crippen LogP contribution in [0.4, 0.5) is 4.79 Å². The molecule has 0 aromatic rings. The number of piperidine rings is 1. The maximum absolute atomic E-state index is 11.9. The van der Waals surface area contributed by atoms with Crippen LogP contribution in [0, 0.1) is 0 Å². The first-order chi connectivity index (χ1) is 9.20. The molecule has 19 heavy (non-hydrogen) atoms. The molecule has 0 aliphatic carbocycles. The Labute approximate surface area is 119 Å². The molecule has 1 atom stereocenters. The lowest BCUT2D eigenvalue weighted by atomic mass is 10.1. The van der Waals surface area contributed by atoms with Crippen LogP contribution >= 0.6 is 11.6 Å². The predicted octanol–water partition coefficient (Wildman–Crippen LogP) is 1.41. The predicted molar refractivity (Wildman–Crippen MR) is 74.3 cm³/mol. The third-order valence-electron chi connectivity index (χ3n) is 3.93. The lowest BCUT2D eigenvalue weighted by molar-refractivity contribution is -0.119. The number of halogens is 1. The van der Waals surface area contributed by atoms with Crippen LogP contribution in [0.3, 0.4) is 0 Å². The Balaban J connectivity index is 1.77. The van der Waals surface area contributed by atoms with E-state index in [0.717, 1.165) is 32.6 Å². The van der Waals surface area contributed by atoms with E-state index in [1.54, 1.807) is 4.90 Å². The van der Waals surface area contributed by atoms with Gasteiger partial charge >= 0.3 is 6.03 Å². The lowest BCUT2D eigenvalue weighted by Gasteiger charge is -2.32. The van der Waals surface area contributed by atoms with Gasteiger partial charge in [0.2, 0.25) is 5.91 Å². The van der Waals surface area contributed by atoms with Gasteiger partial charge in [0.25, 0.3) is 0 Å². The zero-order valence-electron chi connectivity index (χ0n) is 11.2. The number of carbonyl (C=O) groups is 2. The highest BCUT2D eigenvalue weighted by Crippen LogP contribution is 2.20. The van der Waals surface area contributed by atoms with Crippen molar-refractivity contribution in [3.8, 4) is 0 Å². The van der Waals surface area contributed by atoms with Gasteiger partial charge in [-0.25, -0.2) is 4.79 Å². The maximum Gasteiger partial charge on any atom is 0.324 e. The molecule has 0 spiro atoms. The first kappa shape index (κ1) is 14.6. The molecule has 2 aliphatic rings.